The van der Waals surface area contributed by atoms with Crippen LogP contribution in [-0.2, 0) is 0 Å². The SMILES string of the molecule is Cc1ccsc1C(C)Nc1cccc(N2CCCC2)c1. The summed E-state index contributed by atoms with van der Waals surface area (Å²) in [5.74, 6) is 0. The van der Waals surface area contributed by atoms with Crippen molar-refractivity contribution in [1.29, 1.82) is 0 Å². The summed E-state index contributed by atoms with van der Waals surface area (Å²) in [5.41, 5.74) is 3.95. The van der Waals surface area contributed by atoms with Gasteiger partial charge in [-0.25, -0.2) is 0 Å². The zero-order valence-electron chi connectivity index (χ0n) is 12.2. The van der Waals surface area contributed by atoms with Gasteiger partial charge in [-0.15, -0.1) is 11.3 Å². The highest BCUT2D eigenvalue weighted by Gasteiger charge is 2.14. The van der Waals surface area contributed by atoms with Gasteiger partial charge < -0.3 is 10.2 Å². The first kappa shape index (κ1) is 13.5. The Labute approximate surface area is 125 Å². The molecule has 1 atom stereocenters. The first-order chi connectivity index (χ1) is 9.74. The van der Waals surface area contributed by atoms with Crippen molar-refractivity contribution in [2.24, 2.45) is 0 Å². The summed E-state index contributed by atoms with van der Waals surface area (Å²) in [6.45, 7) is 6.82. The fraction of sp³-hybridized carbons (Fsp3) is 0.412. The van der Waals surface area contributed by atoms with Crippen LogP contribution in [0.25, 0.3) is 0 Å². The molecule has 0 bridgehead atoms. The maximum absolute atomic E-state index is 3.63. The summed E-state index contributed by atoms with van der Waals surface area (Å²) in [6, 6.07) is 11.4. The van der Waals surface area contributed by atoms with Crippen LogP contribution in [0.3, 0.4) is 0 Å². The molecule has 1 aliphatic rings. The van der Waals surface area contributed by atoms with Crippen LogP contribution in [0.5, 0.6) is 0 Å². The number of aryl methyl sites for hydroxylation is 1. The van der Waals surface area contributed by atoms with Gasteiger partial charge in [0, 0.05) is 29.3 Å². The number of benzene rings is 1. The van der Waals surface area contributed by atoms with E-state index in [4.69, 9.17) is 0 Å². The van der Waals surface area contributed by atoms with Crippen LogP contribution < -0.4 is 10.2 Å². The lowest BCUT2D eigenvalue weighted by Crippen LogP contribution is -2.17. The van der Waals surface area contributed by atoms with Gasteiger partial charge in [-0.1, -0.05) is 6.07 Å². The Balaban J connectivity index is 1.74. The molecule has 0 radical (unpaired) electrons. The molecule has 2 nitrogen and oxygen atoms in total. The average Bonchev–Trinajstić information content (AvgIpc) is 3.09. The molecule has 0 saturated carbocycles. The maximum Gasteiger partial charge on any atom is 0.0581 e. The molecular weight excluding hydrogens is 264 g/mol. The van der Waals surface area contributed by atoms with E-state index in [1.165, 1.54) is 47.7 Å². The van der Waals surface area contributed by atoms with Crippen LogP contribution in [-0.4, -0.2) is 13.1 Å². The smallest absolute Gasteiger partial charge is 0.0581 e. The molecule has 1 unspecified atom stereocenters. The van der Waals surface area contributed by atoms with E-state index in [-0.39, 0.29) is 0 Å². The Morgan fingerprint density at radius 1 is 1.20 bits per heavy atom. The molecule has 0 spiro atoms. The third-order valence-electron chi connectivity index (χ3n) is 4.00. The number of rotatable bonds is 4. The van der Waals surface area contributed by atoms with E-state index in [0.717, 1.165) is 0 Å². The molecule has 1 aliphatic heterocycles. The fourth-order valence-corrected chi connectivity index (χ4v) is 3.85. The van der Waals surface area contributed by atoms with Gasteiger partial charge in [0.2, 0.25) is 0 Å². The largest absolute Gasteiger partial charge is 0.378 e. The topological polar surface area (TPSA) is 15.3 Å². The Morgan fingerprint density at radius 2 is 2.00 bits per heavy atom. The fourth-order valence-electron chi connectivity index (χ4n) is 2.91. The van der Waals surface area contributed by atoms with Crippen LogP contribution in [0, 0.1) is 6.92 Å². The molecule has 20 heavy (non-hydrogen) atoms. The molecule has 106 valence electrons. The third kappa shape index (κ3) is 2.83. The highest BCUT2D eigenvalue weighted by molar-refractivity contribution is 7.10. The molecule has 2 aromatic rings. The molecule has 1 saturated heterocycles. The predicted molar refractivity (Wildman–Crippen MR) is 89.0 cm³/mol. The van der Waals surface area contributed by atoms with Gasteiger partial charge in [-0.05, 0) is 61.9 Å². The number of nitrogens with zero attached hydrogens (tertiary/aromatic N) is 1. The highest BCUT2D eigenvalue weighted by Crippen LogP contribution is 2.29. The van der Waals surface area contributed by atoms with Crippen molar-refractivity contribution in [2.45, 2.75) is 32.7 Å². The molecular formula is C17H22N2S. The van der Waals surface area contributed by atoms with E-state index in [2.05, 4.69) is 59.8 Å². The van der Waals surface area contributed by atoms with E-state index in [0.29, 0.717) is 6.04 Å². The number of thiophene rings is 1. The predicted octanol–water partition coefficient (Wildman–Crippen LogP) is 4.83. The quantitative estimate of drug-likeness (QED) is 0.866. The van der Waals surface area contributed by atoms with Crippen molar-refractivity contribution in [2.75, 3.05) is 23.3 Å². The molecule has 0 aliphatic carbocycles. The normalized spacial score (nSPS) is 16.4. The number of hydrogen-bond donors (Lipinski definition) is 1. The van der Waals surface area contributed by atoms with Gasteiger partial charge in [0.05, 0.1) is 6.04 Å². The van der Waals surface area contributed by atoms with E-state index in [1.54, 1.807) is 0 Å². The van der Waals surface area contributed by atoms with Crippen LogP contribution in [0.1, 0.15) is 36.2 Å². The zero-order valence-corrected chi connectivity index (χ0v) is 13.0. The van der Waals surface area contributed by atoms with Crippen molar-refractivity contribution < 1.29 is 0 Å². The monoisotopic (exact) mass is 286 g/mol. The Kier molecular flexibility index (Phi) is 3.97. The lowest BCUT2D eigenvalue weighted by Gasteiger charge is -2.20. The van der Waals surface area contributed by atoms with Gasteiger partial charge in [-0.2, -0.15) is 0 Å². The van der Waals surface area contributed by atoms with Gasteiger partial charge in [0.25, 0.3) is 0 Å². The molecule has 1 N–H and O–H groups in total. The Hall–Kier alpha value is -1.48. The lowest BCUT2D eigenvalue weighted by molar-refractivity contribution is 0.897. The van der Waals surface area contributed by atoms with Crippen molar-refractivity contribution in [3.8, 4) is 0 Å². The molecule has 1 fully saturated rings. The minimum atomic E-state index is 0.365. The number of nitrogens with one attached hydrogen (secondary N) is 1. The summed E-state index contributed by atoms with van der Waals surface area (Å²) in [6.07, 6.45) is 2.64. The second kappa shape index (κ2) is 5.88. The average molecular weight is 286 g/mol. The standard InChI is InChI=1S/C17H22N2S/c1-13-8-11-20-17(13)14(2)18-15-6-5-7-16(12-15)19-9-3-4-10-19/h5-8,11-12,14,18H,3-4,9-10H2,1-2H3. The molecule has 1 aromatic heterocycles. The molecule has 2 heterocycles. The molecule has 0 amide bonds. The lowest BCUT2D eigenvalue weighted by atomic mass is 10.1. The highest BCUT2D eigenvalue weighted by atomic mass is 32.1. The van der Waals surface area contributed by atoms with E-state index in [9.17, 15) is 0 Å². The van der Waals surface area contributed by atoms with Crippen molar-refractivity contribution in [3.05, 3.63) is 46.2 Å². The van der Waals surface area contributed by atoms with Crippen LogP contribution in [0.2, 0.25) is 0 Å². The molecule has 1 aromatic carbocycles. The Bertz CT molecular complexity index is 570. The van der Waals surface area contributed by atoms with Gasteiger partial charge in [0.15, 0.2) is 0 Å². The Morgan fingerprint density at radius 3 is 2.70 bits per heavy atom. The first-order valence-electron chi connectivity index (χ1n) is 7.39. The first-order valence-corrected chi connectivity index (χ1v) is 8.27. The minimum Gasteiger partial charge on any atom is -0.378 e. The molecule has 3 rings (SSSR count). The van der Waals surface area contributed by atoms with E-state index < -0.39 is 0 Å². The van der Waals surface area contributed by atoms with E-state index in [1.807, 2.05) is 11.3 Å². The van der Waals surface area contributed by atoms with Crippen LogP contribution in [0.15, 0.2) is 35.7 Å². The summed E-state index contributed by atoms with van der Waals surface area (Å²) in [5, 5.41) is 5.80. The summed E-state index contributed by atoms with van der Waals surface area (Å²) in [7, 11) is 0. The van der Waals surface area contributed by atoms with Crippen molar-refractivity contribution in [1.82, 2.24) is 0 Å². The second-order valence-corrected chi connectivity index (χ2v) is 6.53. The maximum atomic E-state index is 3.63. The number of hydrogen-bond acceptors (Lipinski definition) is 3. The molecule has 3 heteroatoms. The second-order valence-electron chi connectivity index (χ2n) is 5.58. The van der Waals surface area contributed by atoms with Gasteiger partial charge in [-0.3, -0.25) is 0 Å². The zero-order chi connectivity index (χ0) is 13.9. The van der Waals surface area contributed by atoms with Crippen LogP contribution >= 0.6 is 11.3 Å². The van der Waals surface area contributed by atoms with Gasteiger partial charge >= 0.3 is 0 Å². The van der Waals surface area contributed by atoms with Crippen molar-refractivity contribution in [3.63, 3.8) is 0 Å². The van der Waals surface area contributed by atoms with Crippen molar-refractivity contribution >= 4 is 22.7 Å². The van der Waals surface area contributed by atoms with Gasteiger partial charge in [0.1, 0.15) is 0 Å². The summed E-state index contributed by atoms with van der Waals surface area (Å²) >= 11 is 1.83. The summed E-state index contributed by atoms with van der Waals surface area (Å²) in [4.78, 5) is 3.91. The summed E-state index contributed by atoms with van der Waals surface area (Å²) < 4.78 is 0. The van der Waals surface area contributed by atoms with Crippen LogP contribution in [0.4, 0.5) is 11.4 Å². The van der Waals surface area contributed by atoms with E-state index >= 15 is 0 Å². The minimum absolute atomic E-state index is 0.365. The number of anilines is 2. The third-order valence-corrected chi connectivity index (χ3v) is 5.20.